The van der Waals surface area contributed by atoms with Crippen molar-refractivity contribution in [2.75, 3.05) is 27.2 Å². The van der Waals surface area contributed by atoms with E-state index in [1.54, 1.807) is 14.1 Å². The lowest BCUT2D eigenvalue weighted by molar-refractivity contribution is -0.137. The molecular weight excluding hydrogens is 375 g/mol. The van der Waals surface area contributed by atoms with Crippen molar-refractivity contribution in [1.29, 1.82) is 5.26 Å². The topological polar surface area (TPSA) is 88.8 Å². The van der Waals surface area contributed by atoms with E-state index in [-0.39, 0.29) is 17.8 Å². The number of nitrogens with one attached hydrogen (secondary N) is 1. The Kier molecular flexibility index (Phi) is 6.41. The van der Waals surface area contributed by atoms with Crippen LogP contribution in [0.2, 0.25) is 0 Å². The lowest BCUT2D eigenvalue weighted by Crippen LogP contribution is -2.51. The predicted molar refractivity (Wildman–Crippen MR) is 95.6 cm³/mol. The fraction of sp³-hybridized carbons (Fsp3) is 0.444. The second-order valence-electron chi connectivity index (χ2n) is 6.62. The molecule has 1 aliphatic heterocycles. The third kappa shape index (κ3) is 4.67. The van der Waals surface area contributed by atoms with Crippen molar-refractivity contribution in [1.82, 2.24) is 15.1 Å². The molecule has 0 fully saturated rings. The SMILES string of the molecule is CC1=NC(=O)N(C(=O)NCCN(C)C)C(c2cccc(C(F)(F)F)c2)C1C#N. The van der Waals surface area contributed by atoms with Crippen LogP contribution in [0.25, 0.3) is 0 Å². The number of amides is 4. The fourth-order valence-electron chi connectivity index (χ4n) is 2.86. The van der Waals surface area contributed by atoms with Gasteiger partial charge in [0.25, 0.3) is 0 Å². The number of aliphatic imine (C=N–C) groups is 1. The summed E-state index contributed by atoms with van der Waals surface area (Å²) in [5.74, 6) is -1.05. The van der Waals surface area contributed by atoms with Crippen molar-refractivity contribution in [2.24, 2.45) is 10.9 Å². The maximum Gasteiger partial charge on any atom is 0.416 e. The van der Waals surface area contributed by atoms with Gasteiger partial charge < -0.3 is 10.2 Å². The van der Waals surface area contributed by atoms with E-state index < -0.39 is 35.8 Å². The molecule has 0 aliphatic carbocycles. The number of carbonyl (C=O) groups excluding carboxylic acids is 2. The van der Waals surface area contributed by atoms with Gasteiger partial charge in [0.1, 0.15) is 5.92 Å². The molecule has 0 saturated carbocycles. The van der Waals surface area contributed by atoms with E-state index in [4.69, 9.17) is 0 Å². The summed E-state index contributed by atoms with van der Waals surface area (Å²) in [4.78, 5) is 31.2. The van der Waals surface area contributed by atoms with Crippen LogP contribution in [0.3, 0.4) is 0 Å². The summed E-state index contributed by atoms with van der Waals surface area (Å²) in [6.07, 6.45) is -4.60. The van der Waals surface area contributed by atoms with Gasteiger partial charge in [0.15, 0.2) is 0 Å². The molecule has 0 bridgehead atoms. The molecule has 1 aliphatic rings. The minimum Gasteiger partial charge on any atom is -0.336 e. The molecule has 2 atom stereocenters. The first-order valence-corrected chi connectivity index (χ1v) is 8.44. The number of nitriles is 1. The Morgan fingerprint density at radius 3 is 2.64 bits per heavy atom. The number of nitrogens with zero attached hydrogens (tertiary/aromatic N) is 4. The first-order chi connectivity index (χ1) is 13.1. The average molecular weight is 395 g/mol. The zero-order chi connectivity index (χ0) is 21.1. The predicted octanol–water partition coefficient (Wildman–Crippen LogP) is 3.05. The zero-order valence-corrected chi connectivity index (χ0v) is 15.6. The number of benzene rings is 1. The number of alkyl halides is 3. The third-order valence-electron chi connectivity index (χ3n) is 4.27. The Labute approximate surface area is 160 Å². The van der Waals surface area contributed by atoms with Gasteiger partial charge in [0.05, 0.1) is 17.7 Å². The summed E-state index contributed by atoms with van der Waals surface area (Å²) in [7, 11) is 3.59. The Morgan fingerprint density at radius 2 is 2.07 bits per heavy atom. The second-order valence-corrected chi connectivity index (χ2v) is 6.62. The van der Waals surface area contributed by atoms with Gasteiger partial charge in [-0.1, -0.05) is 12.1 Å². The van der Waals surface area contributed by atoms with Gasteiger partial charge in [0.2, 0.25) is 0 Å². The van der Waals surface area contributed by atoms with Crippen LogP contribution in [0.1, 0.15) is 24.1 Å². The second kappa shape index (κ2) is 8.39. The lowest BCUT2D eigenvalue weighted by Gasteiger charge is -2.35. The number of urea groups is 2. The van der Waals surface area contributed by atoms with Crippen molar-refractivity contribution >= 4 is 17.8 Å². The third-order valence-corrected chi connectivity index (χ3v) is 4.27. The molecule has 1 heterocycles. The fourth-order valence-corrected chi connectivity index (χ4v) is 2.86. The van der Waals surface area contributed by atoms with Gasteiger partial charge in [-0.25, -0.2) is 19.5 Å². The average Bonchev–Trinajstić information content (AvgIpc) is 2.60. The molecule has 10 heteroatoms. The molecule has 0 saturated heterocycles. The molecule has 150 valence electrons. The molecule has 0 aromatic heterocycles. The van der Waals surface area contributed by atoms with Crippen LogP contribution >= 0.6 is 0 Å². The van der Waals surface area contributed by atoms with Crippen LogP contribution in [-0.2, 0) is 6.18 Å². The van der Waals surface area contributed by atoms with Crippen LogP contribution in [-0.4, -0.2) is 54.8 Å². The quantitative estimate of drug-likeness (QED) is 0.849. The summed E-state index contributed by atoms with van der Waals surface area (Å²) < 4.78 is 39.3. The van der Waals surface area contributed by atoms with Gasteiger partial charge in [-0.3, -0.25) is 0 Å². The molecule has 28 heavy (non-hydrogen) atoms. The van der Waals surface area contributed by atoms with E-state index in [9.17, 15) is 28.0 Å². The van der Waals surface area contributed by atoms with E-state index in [1.807, 2.05) is 11.0 Å². The van der Waals surface area contributed by atoms with Crippen LogP contribution in [0.15, 0.2) is 29.3 Å². The summed E-state index contributed by atoms with van der Waals surface area (Å²) >= 11 is 0. The highest BCUT2D eigenvalue weighted by Crippen LogP contribution is 2.37. The van der Waals surface area contributed by atoms with Crippen molar-refractivity contribution in [3.63, 3.8) is 0 Å². The highest BCUT2D eigenvalue weighted by atomic mass is 19.4. The minimum absolute atomic E-state index is 0.0340. The van der Waals surface area contributed by atoms with Crippen LogP contribution in [0.4, 0.5) is 22.8 Å². The summed E-state index contributed by atoms with van der Waals surface area (Å²) in [6, 6.07) is 3.27. The Hall–Kier alpha value is -2.93. The van der Waals surface area contributed by atoms with Gasteiger partial charge in [-0.05, 0) is 38.7 Å². The zero-order valence-electron chi connectivity index (χ0n) is 15.6. The number of imide groups is 1. The van der Waals surface area contributed by atoms with Crippen LogP contribution in [0, 0.1) is 17.2 Å². The Balaban J connectivity index is 2.46. The Bertz CT molecular complexity index is 829. The molecular formula is C18H20F3N5O2. The van der Waals surface area contributed by atoms with E-state index in [0.29, 0.717) is 11.4 Å². The summed E-state index contributed by atoms with van der Waals surface area (Å²) in [5.41, 5.74) is -0.749. The van der Waals surface area contributed by atoms with Crippen molar-refractivity contribution in [2.45, 2.75) is 19.1 Å². The number of hydrogen-bond donors (Lipinski definition) is 1. The molecule has 1 aromatic rings. The minimum atomic E-state index is -4.60. The van der Waals surface area contributed by atoms with Gasteiger partial charge >= 0.3 is 18.2 Å². The molecule has 1 aromatic carbocycles. The summed E-state index contributed by atoms with van der Waals surface area (Å²) in [5, 5.41) is 12.1. The largest absolute Gasteiger partial charge is 0.416 e. The highest BCUT2D eigenvalue weighted by molar-refractivity contribution is 6.05. The Morgan fingerprint density at radius 1 is 1.39 bits per heavy atom. The van der Waals surface area contributed by atoms with Crippen LogP contribution < -0.4 is 5.32 Å². The molecule has 2 unspecified atom stereocenters. The number of hydrogen-bond acceptors (Lipinski definition) is 4. The van der Waals surface area contributed by atoms with Crippen molar-refractivity contribution in [3.8, 4) is 6.07 Å². The number of halogens is 3. The molecule has 4 amide bonds. The maximum atomic E-state index is 13.1. The first-order valence-electron chi connectivity index (χ1n) is 8.44. The molecule has 1 N–H and O–H groups in total. The normalized spacial score (nSPS) is 20.0. The standard InChI is InChI=1S/C18H20F3N5O2/c1-11-14(10-22)15(12-5-4-6-13(9-12)18(19,20)21)26(17(28)24-11)16(27)23-7-8-25(2)3/h4-6,9,14-15H,7-8H2,1-3H3,(H,23,27). The molecule has 0 spiro atoms. The first kappa shape index (κ1) is 21.4. The van der Waals surface area contributed by atoms with Crippen molar-refractivity contribution < 1.29 is 22.8 Å². The van der Waals surface area contributed by atoms with Crippen molar-refractivity contribution in [3.05, 3.63) is 35.4 Å². The van der Waals surface area contributed by atoms with Gasteiger partial charge in [0, 0.05) is 18.8 Å². The highest BCUT2D eigenvalue weighted by Gasteiger charge is 2.42. The molecule has 0 radical (unpaired) electrons. The van der Waals surface area contributed by atoms with Gasteiger partial charge in [-0.15, -0.1) is 0 Å². The number of rotatable bonds is 4. The van der Waals surface area contributed by atoms with E-state index in [2.05, 4.69) is 10.3 Å². The molecule has 7 nitrogen and oxygen atoms in total. The van der Waals surface area contributed by atoms with E-state index in [0.717, 1.165) is 12.1 Å². The molecule has 2 rings (SSSR count). The lowest BCUT2D eigenvalue weighted by atomic mass is 9.87. The monoisotopic (exact) mass is 395 g/mol. The maximum absolute atomic E-state index is 13.1. The summed E-state index contributed by atoms with van der Waals surface area (Å²) in [6.45, 7) is 2.14. The van der Waals surface area contributed by atoms with E-state index >= 15 is 0 Å². The smallest absolute Gasteiger partial charge is 0.336 e. The van der Waals surface area contributed by atoms with E-state index in [1.165, 1.54) is 19.1 Å². The number of carbonyl (C=O) groups is 2. The van der Waals surface area contributed by atoms with Gasteiger partial charge in [-0.2, -0.15) is 18.4 Å². The number of likely N-dealkylation sites (N-methyl/N-ethyl adjacent to an activating group) is 1. The van der Waals surface area contributed by atoms with Crippen LogP contribution in [0.5, 0.6) is 0 Å².